The van der Waals surface area contributed by atoms with Gasteiger partial charge in [0.2, 0.25) is 0 Å². The van der Waals surface area contributed by atoms with Gasteiger partial charge in [0.25, 0.3) is 0 Å². The van der Waals surface area contributed by atoms with Gasteiger partial charge in [-0.2, -0.15) is 0 Å². The average Bonchev–Trinajstić information content (AvgIpc) is 2.92. The summed E-state index contributed by atoms with van der Waals surface area (Å²) in [4.78, 5) is 9.00. The molecule has 0 aliphatic carbocycles. The van der Waals surface area contributed by atoms with E-state index in [9.17, 15) is 0 Å². The lowest BCUT2D eigenvalue weighted by atomic mass is 10.00. The number of nitrogens with zero attached hydrogens (tertiary/aromatic N) is 2. The fraction of sp³-hybridized carbons (Fsp3) is 0.0323. The standard InChI is InChI=1S/C31H25N3/c1-33-31(27-18-13-24(14-19-27)22-7-3-2-4-8-22)34-30(32)26-16-11-25(12-17-26)29-20-15-23-9-5-6-10-28(23)21-29/h2-21H,1H3,(H2,32,33,34). The minimum absolute atomic E-state index is 0.442. The number of nitrogens with two attached hydrogens (primary N) is 1. The molecule has 5 aromatic carbocycles. The summed E-state index contributed by atoms with van der Waals surface area (Å²) in [7, 11) is 1.74. The smallest absolute Gasteiger partial charge is 0.156 e. The highest BCUT2D eigenvalue weighted by molar-refractivity contribution is 6.11. The van der Waals surface area contributed by atoms with Crippen molar-refractivity contribution >= 4 is 22.4 Å². The molecule has 5 rings (SSSR count). The summed E-state index contributed by atoms with van der Waals surface area (Å²) in [6.07, 6.45) is 0. The Kier molecular flexibility index (Phi) is 6.00. The summed E-state index contributed by atoms with van der Waals surface area (Å²) in [5.41, 5.74) is 12.8. The predicted molar refractivity (Wildman–Crippen MR) is 144 cm³/mol. The molecule has 34 heavy (non-hydrogen) atoms. The van der Waals surface area contributed by atoms with Gasteiger partial charge in [-0.3, -0.25) is 4.99 Å². The number of aliphatic imine (C=N–C) groups is 2. The van der Waals surface area contributed by atoms with Crippen LogP contribution in [-0.4, -0.2) is 18.7 Å². The largest absolute Gasteiger partial charge is 0.383 e. The zero-order chi connectivity index (χ0) is 23.3. The van der Waals surface area contributed by atoms with Crippen LogP contribution < -0.4 is 5.73 Å². The van der Waals surface area contributed by atoms with Gasteiger partial charge in [0.1, 0.15) is 5.84 Å². The zero-order valence-corrected chi connectivity index (χ0v) is 19.0. The minimum atomic E-state index is 0.442. The molecule has 164 valence electrons. The molecule has 0 atom stereocenters. The first-order chi connectivity index (χ1) is 16.7. The highest BCUT2D eigenvalue weighted by Crippen LogP contribution is 2.25. The van der Waals surface area contributed by atoms with Crippen LogP contribution in [0.1, 0.15) is 11.1 Å². The van der Waals surface area contributed by atoms with E-state index in [0.29, 0.717) is 11.7 Å². The van der Waals surface area contributed by atoms with Crippen molar-refractivity contribution in [2.45, 2.75) is 0 Å². The van der Waals surface area contributed by atoms with Crippen LogP contribution in [0.2, 0.25) is 0 Å². The summed E-state index contributed by atoms with van der Waals surface area (Å²) in [5.74, 6) is 1.05. The SMILES string of the molecule is CN=C(N=C(N)c1ccc(-c2ccc3ccccc3c2)cc1)c1ccc(-c2ccccc2)cc1. The number of hydrogen-bond donors (Lipinski definition) is 1. The van der Waals surface area contributed by atoms with Gasteiger partial charge in [0.15, 0.2) is 5.84 Å². The molecule has 5 aromatic rings. The third-order valence-corrected chi connectivity index (χ3v) is 5.95. The van der Waals surface area contributed by atoms with E-state index >= 15 is 0 Å². The Balaban J connectivity index is 1.37. The van der Waals surface area contributed by atoms with Crippen LogP contribution in [0.4, 0.5) is 0 Å². The molecule has 0 saturated carbocycles. The van der Waals surface area contributed by atoms with E-state index < -0.39 is 0 Å². The quantitative estimate of drug-likeness (QED) is 0.239. The molecule has 0 radical (unpaired) electrons. The van der Waals surface area contributed by atoms with Crippen molar-refractivity contribution in [2.75, 3.05) is 7.05 Å². The van der Waals surface area contributed by atoms with Crippen molar-refractivity contribution in [3.63, 3.8) is 0 Å². The molecule has 0 amide bonds. The van der Waals surface area contributed by atoms with Crippen molar-refractivity contribution in [3.05, 3.63) is 132 Å². The summed E-state index contributed by atoms with van der Waals surface area (Å²) in [6, 6.07) is 41.6. The van der Waals surface area contributed by atoms with E-state index in [1.54, 1.807) is 7.05 Å². The molecule has 0 fully saturated rings. The molecule has 0 unspecified atom stereocenters. The van der Waals surface area contributed by atoms with Crippen LogP contribution >= 0.6 is 0 Å². The highest BCUT2D eigenvalue weighted by atomic mass is 14.9. The summed E-state index contributed by atoms with van der Waals surface area (Å²) < 4.78 is 0. The van der Waals surface area contributed by atoms with Crippen LogP contribution in [0, 0.1) is 0 Å². The van der Waals surface area contributed by atoms with Gasteiger partial charge in [-0.15, -0.1) is 0 Å². The monoisotopic (exact) mass is 439 g/mol. The Hall–Kier alpha value is -4.50. The van der Waals surface area contributed by atoms with Gasteiger partial charge in [-0.1, -0.05) is 115 Å². The fourth-order valence-electron chi connectivity index (χ4n) is 4.07. The van der Waals surface area contributed by atoms with E-state index in [2.05, 4.69) is 88.8 Å². The molecule has 0 spiro atoms. The second kappa shape index (κ2) is 9.55. The molecule has 3 nitrogen and oxygen atoms in total. The normalized spacial score (nSPS) is 12.1. The third kappa shape index (κ3) is 4.50. The molecule has 0 aromatic heterocycles. The van der Waals surface area contributed by atoms with Crippen molar-refractivity contribution in [3.8, 4) is 22.3 Å². The predicted octanol–water partition coefficient (Wildman–Crippen LogP) is 6.96. The number of hydrogen-bond acceptors (Lipinski definition) is 1. The van der Waals surface area contributed by atoms with E-state index in [1.165, 1.54) is 21.9 Å². The number of amidine groups is 2. The van der Waals surface area contributed by atoms with Gasteiger partial charge in [-0.25, -0.2) is 4.99 Å². The van der Waals surface area contributed by atoms with Gasteiger partial charge < -0.3 is 5.73 Å². The lowest BCUT2D eigenvalue weighted by Gasteiger charge is -2.08. The Morgan fingerprint density at radius 2 is 1.06 bits per heavy atom. The van der Waals surface area contributed by atoms with Gasteiger partial charge in [0.05, 0.1) is 0 Å². The minimum Gasteiger partial charge on any atom is -0.383 e. The number of benzene rings is 5. The molecular weight excluding hydrogens is 414 g/mol. The molecule has 0 heterocycles. The summed E-state index contributed by atoms with van der Waals surface area (Å²) >= 11 is 0. The van der Waals surface area contributed by atoms with Crippen LogP contribution in [-0.2, 0) is 0 Å². The van der Waals surface area contributed by atoms with Crippen LogP contribution in [0.3, 0.4) is 0 Å². The summed E-state index contributed by atoms with van der Waals surface area (Å²) in [5, 5.41) is 2.47. The van der Waals surface area contributed by atoms with E-state index in [1.807, 2.05) is 42.5 Å². The van der Waals surface area contributed by atoms with Gasteiger partial charge in [0, 0.05) is 18.2 Å². The van der Waals surface area contributed by atoms with Crippen LogP contribution in [0.15, 0.2) is 131 Å². The molecule has 3 heteroatoms. The maximum absolute atomic E-state index is 6.36. The van der Waals surface area contributed by atoms with Crippen molar-refractivity contribution in [1.82, 2.24) is 0 Å². The Morgan fingerprint density at radius 3 is 1.74 bits per heavy atom. The molecular formula is C31H25N3. The topological polar surface area (TPSA) is 50.7 Å². The first-order valence-corrected chi connectivity index (χ1v) is 11.3. The van der Waals surface area contributed by atoms with Gasteiger partial charge in [-0.05, 0) is 39.1 Å². The second-order valence-electron chi connectivity index (χ2n) is 8.13. The third-order valence-electron chi connectivity index (χ3n) is 5.95. The molecule has 0 aliphatic rings. The maximum atomic E-state index is 6.36. The Bertz CT molecular complexity index is 1480. The second-order valence-corrected chi connectivity index (χ2v) is 8.13. The summed E-state index contributed by atoms with van der Waals surface area (Å²) in [6.45, 7) is 0. The molecule has 2 N–H and O–H groups in total. The number of rotatable bonds is 4. The zero-order valence-electron chi connectivity index (χ0n) is 19.0. The van der Waals surface area contributed by atoms with Crippen LogP contribution in [0.5, 0.6) is 0 Å². The molecule has 0 aliphatic heterocycles. The Labute approximate surface area is 200 Å². The number of fused-ring (bicyclic) bond motifs is 1. The fourth-order valence-corrected chi connectivity index (χ4v) is 4.07. The molecule has 0 bridgehead atoms. The van der Waals surface area contributed by atoms with E-state index in [4.69, 9.17) is 5.73 Å². The molecule has 0 saturated heterocycles. The Morgan fingerprint density at radius 1 is 0.529 bits per heavy atom. The first-order valence-electron chi connectivity index (χ1n) is 11.3. The van der Waals surface area contributed by atoms with E-state index in [0.717, 1.165) is 22.3 Å². The lowest BCUT2D eigenvalue weighted by molar-refractivity contribution is 1.37. The van der Waals surface area contributed by atoms with Crippen LogP contribution in [0.25, 0.3) is 33.0 Å². The lowest BCUT2D eigenvalue weighted by Crippen LogP contribution is -2.16. The maximum Gasteiger partial charge on any atom is 0.156 e. The van der Waals surface area contributed by atoms with Gasteiger partial charge >= 0.3 is 0 Å². The first kappa shape index (κ1) is 21.4. The highest BCUT2D eigenvalue weighted by Gasteiger charge is 2.07. The van der Waals surface area contributed by atoms with Crippen molar-refractivity contribution in [1.29, 1.82) is 0 Å². The van der Waals surface area contributed by atoms with Crippen molar-refractivity contribution < 1.29 is 0 Å². The average molecular weight is 440 g/mol. The van der Waals surface area contributed by atoms with E-state index in [-0.39, 0.29) is 0 Å². The van der Waals surface area contributed by atoms with Crippen molar-refractivity contribution in [2.24, 2.45) is 15.7 Å².